The number of nitrogens with one attached hydrogen (secondary N) is 1. The summed E-state index contributed by atoms with van der Waals surface area (Å²) in [5.41, 5.74) is 2.09. The predicted octanol–water partition coefficient (Wildman–Crippen LogP) is 1.69. The number of anilines is 1. The van der Waals surface area contributed by atoms with Crippen molar-refractivity contribution in [2.24, 2.45) is 0 Å². The molecular weight excluding hydrogens is 260 g/mol. The maximum atomic E-state index is 12.4. The molecule has 0 bridgehead atoms. The van der Waals surface area contributed by atoms with Crippen LogP contribution in [0.25, 0.3) is 0 Å². The molecule has 0 aromatic heterocycles. The maximum absolute atomic E-state index is 12.4. The quantitative estimate of drug-likeness (QED) is 0.853. The molecule has 1 aliphatic rings. The normalized spacial score (nSPS) is 14.6. The van der Waals surface area contributed by atoms with Crippen LogP contribution < -0.4 is 5.32 Å². The Morgan fingerprint density at radius 1 is 1.47 bits per heavy atom. The standard InChI is InChI=1S/C14H18N2O2S/c1-3-10-16(4-2)19(17,18)13-7-8-14-12(11-13)6-5-9-15-14/h1,7-8,11,15H,4-6,9-10H2,2H3. The highest BCUT2D eigenvalue weighted by atomic mass is 32.2. The Bertz CT molecular complexity index is 602. The van der Waals surface area contributed by atoms with E-state index >= 15 is 0 Å². The summed E-state index contributed by atoms with van der Waals surface area (Å²) in [4.78, 5) is 0.326. The second kappa shape index (κ2) is 5.64. The molecule has 1 aliphatic heterocycles. The Morgan fingerprint density at radius 2 is 2.26 bits per heavy atom. The first-order chi connectivity index (χ1) is 9.09. The van der Waals surface area contributed by atoms with Gasteiger partial charge in [-0.05, 0) is 36.6 Å². The van der Waals surface area contributed by atoms with Crippen LogP contribution in [-0.4, -0.2) is 32.4 Å². The van der Waals surface area contributed by atoms with Crippen LogP contribution in [0.1, 0.15) is 18.9 Å². The summed E-state index contributed by atoms with van der Waals surface area (Å²) in [5, 5.41) is 3.27. The van der Waals surface area contributed by atoms with Gasteiger partial charge in [-0.3, -0.25) is 0 Å². The van der Waals surface area contributed by atoms with Gasteiger partial charge in [0.25, 0.3) is 0 Å². The summed E-state index contributed by atoms with van der Waals surface area (Å²) in [7, 11) is -3.48. The third kappa shape index (κ3) is 2.75. The number of hydrogen-bond acceptors (Lipinski definition) is 3. The molecule has 0 saturated heterocycles. The summed E-state index contributed by atoms with van der Waals surface area (Å²) in [6, 6.07) is 5.24. The van der Waals surface area contributed by atoms with Crippen LogP contribution in [0.5, 0.6) is 0 Å². The van der Waals surface area contributed by atoms with E-state index in [1.165, 1.54) is 4.31 Å². The lowest BCUT2D eigenvalue weighted by atomic mass is 10.0. The number of sulfonamides is 1. The van der Waals surface area contributed by atoms with Crippen molar-refractivity contribution < 1.29 is 8.42 Å². The average molecular weight is 278 g/mol. The van der Waals surface area contributed by atoms with Gasteiger partial charge >= 0.3 is 0 Å². The van der Waals surface area contributed by atoms with Crippen LogP contribution in [0, 0.1) is 12.3 Å². The van der Waals surface area contributed by atoms with Gasteiger partial charge in [0.15, 0.2) is 0 Å². The molecular formula is C14H18N2O2S. The van der Waals surface area contributed by atoms with Crippen LogP contribution in [0.3, 0.4) is 0 Å². The molecule has 0 radical (unpaired) electrons. The molecule has 1 aromatic carbocycles. The molecule has 102 valence electrons. The van der Waals surface area contributed by atoms with Gasteiger partial charge in [0.2, 0.25) is 10.0 Å². The summed E-state index contributed by atoms with van der Waals surface area (Å²) in [5.74, 6) is 2.39. The fourth-order valence-corrected chi connectivity index (χ4v) is 3.64. The molecule has 0 fully saturated rings. The molecule has 0 unspecified atom stereocenters. The third-order valence-electron chi connectivity index (χ3n) is 3.27. The lowest BCUT2D eigenvalue weighted by molar-refractivity contribution is 0.464. The minimum absolute atomic E-state index is 0.105. The monoisotopic (exact) mass is 278 g/mol. The topological polar surface area (TPSA) is 49.4 Å². The molecule has 0 aliphatic carbocycles. The van der Waals surface area contributed by atoms with E-state index in [-0.39, 0.29) is 6.54 Å². The predicted molar refractivity (Wildman–Crippen MR) is 76.5 cm³/mol. The number of nitrogens with zero attached hydrogens (tertiary/aromatic N) is 1. The van der Waals surface area contributed by atoms with Crippen molar-refractivity contribution in [3.8, 4) is 12.3 Å². The zero-order valence-electron chi connectivity index (χ0n) is 11.0. The zero-order chi connectivity index (χ0) is 13.9. The maximum Gasteiger partial charge on any atom is 0.243 e. The van der Waals surface area contributed by atoms with Gasteiger partial charge in [-0.15, -0.1) is 6.42 Å². The minimum atomic E-state index is -3.48. The Kier molecular flexibility index (Phi) is 4.13. The second-order valence-corrected chi connectivity index (χ2v) is 6.42. The Hall–Kier alpha value is -1.51. The lowest BCUT2D eigenvalue weighted by Crippen LogP contribution is -2.31. The van der Waals surface area contributed by atoms with Crippen LogP contribution in [0.4, 0.5) is 5.69 Å². The van der Waals surface area contributed by atoms with Crippen molar-refractivity contribution in [1.29, 1.82) is 0 Å². The summed E-state index contributed by atoms with van der Waals surface area (Å²) in [6.45, 7) is 3.21. The summed E-state index contributed by atoms with van der Waals surface area (Å²) < 4.78 is 26.2. The van der Waals surface area contributed by atoms with E-state index in [9.17, 15) is 8.42 Å². The van der Waals surface area contributed by atoms with Gasteiger partial charge < -0.3 is 5.32 Å². The zero-order valence-corrected chi connectivity index (χ0v) is 11.8. The first-order valence-electron chi connectivity index (χ1n) is 6.40. The Morgan fingerprint density at radius 3 is 2.95 bits per heavy atom. The summed E-state index contributed by atoms with van der Waals surface area (Å²) in [6.07, 6.45) is 7.16. The molecule has 5 heteroatoms. The van der Waals surface area contributed by atoms with E-state index in [2.05, 4.69) is 11.2 Å². The lowest BCUT2D eigenvalue weighted by Gasteiger charge is -2.21. The van der Waals surface area contributed by atoms with Gasteiger partial charge in [0, 0.05) is 18.8 Å². The van der Waals surface area contributed by atoms with Crippen molar-refractivity contribution in [2.75, 3.05) is 25.0 Å². The van der Waals surface area contributed by atoms with Crippen LogP contribution in [0.2, 0.25) is 0 Å². The third-order valence-corrected chi connectivity index (χ3v) is 5.19. The van der Waals surface area contributed by atoms with E-state index < -0.39 is 10.0 Å². The van der Waals surface area contributed by atoms with Gasteiger partial charge in [-0.25, -0.2) is 8.42 Å². The molecule has 0 amide bonds. The number of hydrogen-bond donors (Lipinski definition) is 1. The van der Waals surface area contributed by atoms with Gasteiger partial charge in [0.1, 0.15) is 0 Å². The van der Waals surface area contributed by atoms with Crippen molar-refractivity contribution in [3.05, 3.63) is 23.8 Å². The smallest absolute Gasteiger partial charge is 0.243 e. The second-order valence-electron chi connectivity index (χ2n) is 4.48. The van der Waals surface area contributed by atoms with Crippen LogP contribution in [0.15, 0.2) is 23.1 Å². The molecule has 1 aromatic rings. The van der Waals surface area contributed by atoms with Crippen molar-refractivity contribution >= 4 is 15.7 Å². The molecule has 0 saturated carbocycles. The fraction of sp³-hybridized carbons (Fsp3) is 0.429. The molecule has 0 spiro atoms. The highest BCUT2D eigenvalue weighted by Gasteiger charge is 2.23. The van der Waals surface area contributed by atoms with E-state index in [1.54, 1.807) is 19.1 Å². The Balaban J connectivity index is 2.38. The highest BCUT2D eigenvalue weighted by molar-refractivity contribution is 7.89. The van der Waals surface area contributed by atoms with Crippen LogP contribution >= 0.6 is 0 Å². The van der Waals surface area contributed by atoms with Crippen molar-refractivity contribution in [3.63, 3.8) is 0 Å². The number of fused-ring (bicyclic) bond motifs is 1. The SMILES string of the molecule is C#CCN(CC)S(=O)(=O)c1ccc2c(c1)CCCN2. The number of rotatable bonds is 4. The fourth-order valence-electron chi connectivity index (χ4n) is 2.23. The molecule has 0 atom stereocenters. The molecule has 2 rings (SSSR count). The minimum Gasteiger partial charge on any atom is -0.385 e. The van der Waals surface area contributed by atoms with E-state index in [0.717, 1.165) is 30.6 Å². The first kappa shape index (κ1) is 13.9. The van der Waals surface area contributed by atoms with Crippen molar-refractivity contribution in [2.45, 2.75) is 24.7 Å². The largest absolute Gasteiger partial charge is 0.385 e. The molecule has 19 heavy (non-hydrogen) atoms. The number of aryl methyl sites for hydroxylation is 1. The average Bonchev–Trinajstić information content (AvgIpc) is 2.44. The van der Waals surface area contributed by atoms with E-state index in [0.29, 0.717) is 11.4 Å². The molecule has 4 nitrogen and oxygen atoms in total. The van der Waals surface area contributed by atoms with Crippen molar-refractivity contribution in [1.82, 2.24) is 4.31 Å². The summed E-state index contributed by atoms with van der Waals surface area (Å²) >= 11 is 0. The highest BCUT2D eigenvalue weighted by Crippen LogP contribution is 2.26. The molecule has 1 N–H and O–H groups in total. The number of benzene rings is 1. The van der Waals surface area contributed by atoms with E-state index in [4.69, 9.17) is 6.42 Å². The van der Waals surface area contributed by atoms with E-state index in [1.807, 2.05) is 6.07 Å². The Labute approximate surface area is 114 Å². The van der Waals surface area contributed by atoms with Gasteiger partial charge in [0.05, 0.1) is 11.4 Å². The molecule has 1 heterocycles. The first-order valence-corrected chi connectivity index (χ1v) is 7.84. The number of terminal acetylenes is 1. The van der Waals surface area contributed by atoms with Gasteiger partial charge in [-0.1, -0.05) is 12.8 Å². The van der Waals surface area contributed by atoms with Gasteiger partial charge in [-0.2, -0.15) is 4.31 Å². The van der Waals surface area contributed by atoms with Crippen LogP contribution in [-0.2, 0) is 16.4 Å².